The fraction of sp³-hybridized carbons (Fsp3) is 0.357. The SMILES string of the molecule is COC(=O)CN(CC(=O)OC)C(=O)Nc1ccc(C)cc1. The lowest BCUT2D eigenvalue weighted by Gasteiger charge is -2.20. The van der Waals surface area contributed by atoms with Gasteiger partial charge in [-0.2, -0.15) is 0 Å². The van der Waals surface area contributed by atoms with Crippen LogP contribution in [0.1, 0.15) is 5.56 Å². The molecule has 0 atom stereocenters. The molecule has 1 rings (SSSR count). The Morgan fingerprint density at radius 1 is 1.00 bits per heavy atom. The van der Waals surface area contributed by atoms with Gasteiger partial charge in [-0.1, -0.05) is 17.7 Å². The third-order valence-corrected chi connectivity index (χ3v) is 2.69. The summed E-state index contributed by atoms with van der Waals surface area (Å²) in [5.74, 6) is -1.25. The number of esters is 2. The average Bonchev–Trinajstić information content (AvgIpc) is 2.48. The highest BCUT2D eigenvalue weighted by atomic mass is 16.5. The van der Waals surface area contributed by atoms with Crippen molar-refractivity contribution in [2.24, 2.45) is 0 Å². The van der Waals surface area contributed by atoms with Crippen LogP contribution in [0.2, 0.25) is 0 Å². The Kier molecular flexibility index (Phi) is 6.19. The topological polar surface area (TPSA) is 84.9 Å². The second kappa shape index (κ2) is 7.88. The molecule has 0 heterocycles. The van der Waals surface area contributed by atoms with E-state index in [-0.39, 0.29) is 13.1 Å². The lowest BCUT2D eigenvalue weighted by atomic mass is 10.2. The number of hydrogen-bond acceptors (Lipinski definition) is 5. The third-order valence-electron chi connectivity index (χ3n) is 2.69. The van der Waals surface area contributed by atoms with Gasteiger partial charge in [0.15, 0.2) is 0 Å². The maximum Gasteiger partial charge on any atom is 0.325 e. The minimum absolute atomic E-state index is 0.344. The number of hydrogen-bond donors (Lipinski definition) is 1. The van der Waals surface area contributed by atoms with E-state index in [0.717, 1.165) is 10.5 Å². The van der Waals surface area contributed by atoms with Crippen LogP contribution < -0.4 is 5.32 Å². The van der Waals surface area contributed by atoms with Crippen LogP contribution >= 0.6 is 0 Å². The van der Waals surface area contributed by atoms with E-state index in [9.17, 15) is 14.4 Å². The molecule has 1 aromatic carbocycles. The lowest BCUT2D eigenvalue weighted by molar-refractivity contribution is -0.144. The summed E-state index contributed by atoms with van der Waals surface area (Å²) >= 11 is 0. The maximum atomic E-state index is 12.1. The molecule has 21 heavy (non-hydrogen) atoms. The molecule has 1 aromatic rings. The van der Waals surface area contributed by atoms with Crippen LogP contribution in [-0.2, 0) is 19.1 Å². The van der Waals surface area contributed by atoms with Crippen LogP contribution in [0, 0.1) is 6.92 Å². The Bertz CT molecular complexity index is 495. The Labute approximate surface area is 122 Å². The van der Waals surface area contributed by atoms with Crippen LogP contribution in [0.3, 0.4) is 0 Å². The molecule has 0 fully saturated rings. The van der Waals surface area contributed by atoms with Gasteiger partial charge < -0.3 is 19.7 Å². The molecule has 0 unspecified atom stereocenters. The number of carbonyl (C=O) groups excluding carboxylic acids is 3. The van der Waals surface area contributed by atoms with E-state index in [1.807, 2.05) is 19.1 Å². The maximum absolute atomic E-state index is 12.1. The van der Waals surface area contributed by atoms with E-state index < -0.39 is 18.0 Å². The zero-order valence-corrected chi connectivity index (χ0v) is 12.2. The molecule has 0 aliphatic rings. The van der Waals surface area contributed by atoms with Crippen molar-refractivity contribution in [2.75, 3.05) is 32.6 Å². The highest BCUT2D eigenvalue weighted by Crippen LogP contribution is 2.09. The van der Waals surface area contributed by atoms with Gasteiger partial charge in [0, 0.05) is 5.69 Å². The Hall–Kier alpha value is -2.57. The molecular formula is C14H18N2O5. The van der Waals surface area contributed by atoms with Gasteiger partial charge in [0.2, 0.25) is 0 Å². The number of nitrogens with zero attached hydrogens (tertiary/aromatic N) is 1. The first-order valence-corrected chi connectivity index (χ1v) is 6.22. The fourth-order valence-corrected chi connectivity index (χ4v) is 1.48. The van der Waals surface area contributed by atoms with E-state index in [1.165, 1.54) is 14.2 Å². The van der Waals surface area contributed by atoms with Crippen LogP contribution in [0.15, 0.2) is 24.3 Å². The first-order chi connectivity index (χ1) is 9.96. The van der Waals surface area contributed by atoms with Gasteiger partial charge in [-0.15, -0.1) is 0 Å². The van der Waals surface area contributed by atoms with Gasteiger partial charge in [0.1, 0.15) is 13.1 Å². The number of carbonyl (C=O) groups is 3. The first kappa shape index (κ1) is 16.5. The van der Waals surface area contributed by atoms with Crippen molar-refractivity contribution in [1.29, 1.82) is 0 Å². The summed E-state index contributed by atoms with van der Waals surface area (Å²) in [5.41, 5.74) is 1.61. The van der Waals surface area contributed by atoms with E-state index >= 15 is 0 Å². The van der Waals surface area contributed by atoms with Crippen molar-refractivity contribution in [1.82, 2.24) is 4.90 Å². The summed E-state index contributed by atoms with van der Waals surface area (Å²) in [7, 11) is 2.41. The second-order valence-electron chi connectivity index (χ2n) is 4.30. The summed E-state index contributed by atoms with van der Waals surface area (Å²) in [5, 5.41) is 2.60. The highest BCUT2D eigenvalue weighted by molar-refractivity contribution is 5.93. The molecule has 0 aliphatic heterocycles. The molecular weight excluding hydrogens is 276 g/mol. The van der Waals surface area contributed by atoms with Crippen molar-refractivity contribution < 1.29 is 23.9 Å². The monoisotopic (exact) mass is 294 g/mol. The predicted octanol–water partition coefficient (Wildman–Crippen LogP) is 1.17. The molecule has 114 valence electrons. The van der Waals surface area contributed by atoms with Crippen molar-refractivity contribution in [3.05, 3.63) is 29.8 Å². The summed E-state index contributed by atoms with van der Waals surface area (Å²) in [6.07, 6.45) is 0. The van der Waals surface area contributed by atoms with E-state index in [1.54, 1.807) is 12.1 Å². The molecule has 0 radical (unpaired) electrons. The van der Waals surface area contributed by atoms with E-state index in [2.05, 4.69) is 14.8 Å². The summed E-state index contributed by atoms with van der Waals surface area (Å²) in [4.78, 5) is 35.7. The smallest absolute Gasteiger partial charge is 0.325 e. The van der Waals surface area contributed by atoms with E-state index in [0.29, 0.717) is 5.69 Å². The summed E-state index contributed by atoms with van der Waals surface area (Å²) < 4.78 is 9.00. The second-order valence-corrected chi connectivity index (χ2v) is 4.30. The normalized spacial score (nSPS) is 9.67. The quantitative estimate of drug-likeness (QED) is 0.824. The number of ether oxygens (including phenoxy) is 2. The van der Waals surface area contributed by atoms with E-state index in [4.69, 9.17) is 0 Å². The van der Waals surface area contributed by atoms with Crippen LogP contribution in [0.5, 0.6) is 0 Å². The minimum Gasteiger partial charge on any atom is -0.468 e. The van der Waals surface area contributed by atoms with Crippen molar-refractivity contribution >= 4 is 23.7 Å². The third kappa shape index (κ3) is 5.52. The van der Waals surface area contributed by atoms with Crippen molar-refractivity contribution in [3.8, 4) is 0 Å². The van der Waals surface area contributed by atoms with Crippen molar-refractivity contribution in [3.63, 3.8) is 0 Å². The number of methoxy groups -OCH3 is 2. The number of aryl methyl sites for hydroxylation is 1. The number of amides is 2. The standard InChI is InChI=1S/C14H18N2O5/c1-10-4-6-11(7-5-10)15-14(19)16(8-12(17)20-2)9-13(18)21-3/h4-7H,8-9H2,1-3H3,(H,15,19). The Morgan fingerprint density at radius 3 is 1.90 bits per heavy atom. The Morgan fingerprint density at radius 2 is 1.48 bits per heavy atom. The molecule has 2 amide bonds. The predicted molar refractivity (Wildman–Crippen MR) is 75.8 cm³/mol. The minimum atomic E-state index is -0.627. The van der Waals surface area contributed by atoms with Gasteiger partial charge in [-0.05, 0) is 19.1 Å². The van der Waals surface area contributed by atoms with Crippen LogP contribution in [-0.4, -0.2) is 50.2 Å². The highest BCUT2D eigenvalue weighted by Gasteiger charge is 2.21. The number of rotatable bonds is 5. The van der Waals surface area contributed by atoms with Crippen LogP contribution in [0.4, 0.5) is 10.5 Å². The van der Waals surface area contributed by atoms with Crippen LogP contribution in [0.25, 0.3) is 0 Å². The van der Waals surface area contributed by atoms with Gasteiger partial charge >= 0.3 is 18.0 Å². The fourth-order valence-electron chi connectivity index (χ4n) is 1.48. The molecule has 1 N–H and O–H groups in total. The largest absolute Gasteiger partial charge is 0.468 e. The first-order valence-electron chi connectivity index (χ1n) is 6.22. The number of anilines is 1. The molecule has 7 heteroatoms. The van der Waals surface area contributed by atoms with Gasteiger partial charge in [0.25, 0.3) is 0 Å². The number of benzene rings is 1. The number of urea groups is 1. The number of nitrogens with one attached hydrogen (secondary N) is 1. The van der Waals surface area contributed by atoms with Gasteiger partial charge in [-0.3, -0.25) is 9.59 Å². The summed E-state index contributed by atoms with van der Waals surface area (Å²) in [6, 6.07) is 6.53. The molecule has 0 saturated heterocycles. The molecule has 0 saturated carbocycles. The molecule has 0 aromatic heterocycles. The zero-order chi connectivity index (χ0) is 15.8. The van der Waals surface area contributed by atoms with Crippen molar-refractivity contribution in [2.45, 2.75) is 6.92 Å². The molecule has 0 aliphatic carbocycles. The average molecular weight is 294 g/mol. The zero-order valence-electron chi connectivity index (χ0n) is 12.2. The molecule has 7 nitrogen and oxygen atoms in total. The molecule has 0 spiro atoms. The van der Waals surface area contributed by atoms with Gasteiger partial charge in [0.05, 0.1) is 14.2 Å². The molecule has 0 bridgehead atoms. The Balaban J connectivity index is 2.75. The summed E-state index contributed by atoms with van der Waals surface area (Å²) in [6.45, 7) is 1.24. The lowest BCUT2D eigenvalue weighted by Crippen LogP contribution is -2.42. The van der Waals surface area contributed by atoms with Gasteiger partial charge in [-0.25, -0.2) is 4.79 Å².